The second-order valence-electron chi connectivity index (χ2n) is 6.15. The van der Waals surface area contributed by atoms with Crippen molar-refractivity contribution >= 4 is 16.9 Å². The fourth-order valence-corrected chi connectivity index (χ4v) is 3.10. The van der Waals surface area contributed by atoms with Gasteiger partial charge in [-0.25, -0.2) is 0 Å². The fraction of sp³-hybridized carbons (Fsp3) is 0.842. The van der Waals surface area contributed by atoms with Crippen LogP contribution in [-0.4, -0.2) is 10.9 Å². The number of hydrogen-bond donors (Lipinski definition) is 2. The van der Waals surface area contributed by atoms with Crippen molar-refractivity contribution in [1.29, 1.82) is 5.41 Å². The fourth-order valence-electron chi connectivity index (χ4n) is 2.53. The van der Waals surface area contributed by atoms with Crippen molar-refractivity contribution in [2.45, 2.75) is 96.8 Å². The van der Waals surface area contributed by atoms with Gasteiger partial charge in [0.1, 0.15) is 0 Å². The molecule has 0 heterocycles. The van der Waals surface area contributed by atoms with E-state index in [1.807, 2.05) is 0 Å². The van der Waals surface area contributed by atoms with E-state index in [1.54, 1.807) is 0 Å². The van der Waals surface area contributed by atoms with E-state index in [4.69, 9.17) is 11.1 Å². The molecule has 0 atom stereocenters. The van der Waals surface area contributed by atoms with E-state index in [1.165, 1.54) is 102 Å². The summed E-state index contributed by atoms with van der Waals surface area (Å²) in [6.45, 7) is 2.27. The molecule has 0 unspecified atom stereocenters. The molecule has 0 saturated heterocycles. The van der Waals surface area contributed by atoms with Crippen molar-refractivity contribution in [3.05, 3.63) is 12.2 Å². The molecule has 0 saturated carbocycles. The topological polar surface area (TPSA) is 49.9 Å². The summed E-state index contributed by atoms with van der Waals surface area (Å²) < 4.78 is 0. The summed E-state index contributed by atoms with van der Waals surface area (Å²) in [5.41, 5.74) is 5.30. The zero-order valence-electron chi connectivity index (χ0n) is 14.7. The summed E-state index contributed by atoms with van der Waals surface area (Å²) in [5, 5.41) is 7.38. The first-order chi connectivity index (χ1) is 10.8. The summed E-state index contributed by atoms with van der Waals surface area (Å²) in [5.74, 6) is 1.01. The van der Waals surface area contributed by atoms with Crippen LogP contribution in [0.2, 0.25) is 0 Å². The summed E-state index contributed by atoms with van der Waals surface area (Å²) in [6, 6.07) is 0. The normalized spacial score (nSPS) is 11.3. The highest BCUT2D eigenvalue weighted by Gasteiger charge is 1.93. The molecular formula is C19H38N2S. The number of rotatable bonds is 16. The Hall–Kier alpha value is -0.440. The number of unbranched alkanes of at least 4 members (excludes halogenated alkanes) is 12. The zero-order chi connectivity index (χ0) is 16.3. The molecule has 0 aliphatic carbocycles. The maximum Gasteiger partial charge on any atom is 0.151 e. The number of amidine groups is 1. The molecule has 0 amide bonds. The van der Waals surface area contributed by atoms with Crippen molar-refractivity contribution in [2.75, 3.05) is 5.75 Å². The van der Waals surface area contributed by atoms with Crippen molar-refractivity contribution in [3.63, 3.8) is 0 Å². The Balaban J connectivity index is 3.06. The molecule has 0 bridgehead atoms. The van der Waals surface area contributed by atoms with Crippen molar-refractivity contribution in [2.24, 2.45) is 5.73 Å². The van der Waals surface area contributed by atoms with Crippen molar-refractivity contribution < 1.29 is 0 Å². The summed E-state index contributed by atoms with van der Waals surface area (Å²) in [6.07, 6.45) is 23.6. The van der Waals surface area contributed by atoms with Gasteiger partial charge in [-0.2, -0.15) is 0 Å². The van der Waals surface area contributed by atoms with Gasteiger partial charge in [-0.15, -0.1) is 0 Å². The first kappa shape index (κ1) is 21.6. The van der Waals surface area contributed by atoms with Gasteiger partial charge >= 0.3 is 0 Å². The van der Waals surface area contributed by atoms with Crippen LogP contribution in [-0.2, 0) is 0 Å². The largest absolute Gasteiger partial charge is 0.379 e. The number of hydrogen-bond acceptors (Lipinski definition) is 2. The van der Waals surface area contributed by atoms with Crippen LogP contribution in [0.1, 0.15) is 96.8 Å². The molecule has 0 spiro atoms. The first-order valence-electron chi connectivity index (χ1n) is 9.39. The highest BCUT2D eigenvalue weighted by Crippen LogP contribution is 2.11. The van der Waals surface area contributed by atoms with E-state index in [2.05, 4.69) is 19.1 Å². The summed E-state index contributed by atoms with van der Waals surface area (Å²) in [7, 11) is 0. The highest BCUT2D eigenvalue weighted by atomic mass is 32.2. The van der Waals surface area contributed by atoms with Gasteiger partial charge in [-0.3, -0.25) is 5.41 Å². The number of nitrogens with one attached hydrogen (secondary N) is 1. The molecule has 0 rings (SSSR count). The van der Waals surface area contributed by atoms with Crippen molar-refractivity contribution in [3.8, 4) is 0 Å². The molecule has 0 aliphatic heterocycles. The lowest BCUT2D eigenvalue weighted by atomic mass is 10.1. The molecule has 0 radical (unpaired) electrons. The van der Waals surface area contributed by atoms with Gasteiger partial charge in [0.15, 0.2) is 5.17 Å². The minimum atomic E-state index is 0.257. The van der Waals surface area contributed by atoms with Crippen LogP contribution in [0.25, 0.3) is 0 Å². The second-order valence-corrected chi connectivity index (χ2v) is 7.29. The van der Waals surface area contributed by atoms with E-state index in [-0.39, 0.29) is 5.17 Å². The van der Waals surface area contributed by atoms with Crippen LogP contribution < -0.4 is 5.73 Å². The van der Waals surface area contributed by atoms with Gasteiger partial charge in [-0.1, -0.05) is 88.6 Å². The van der Waals surface area contributed by atoms with Crippen LogP contribution >= 0.6 is 11.8 Å². The second kappa shape index (κ2) is 18.6. The van der Waals surface area contributed by atoms with E-state index in [9.17, 15) is 0 Å². The molecule has 2 nitrogen and oxygen atoms in total. The number of thioether (sulfide) groups is 1. The monoisotopic (exact) mass is 326 g/mol. The van der Waals surface area contributed by atoms with Crippen molar-refractivity contribution in [1.82, 2.24) is 0 Å². The molecular weight excluding hydrogens is 288 g/mol. The van der Waals surface area contributed by atoms with E-state index in [0.717, 1.165) is 5.75 Å². The minimum absolute atomic E-state index is 0.257. The van der Waals surface area contributed by atoms with Gasteiger partial charge in [0.25, 0.3) is 0 Å². The highest BCUT2D eigenvalue weighted by molar-refractivity contribution is 8.13. The smallest absolute Gasteiger partial charge is 0.151 e. The maximum absolute atomic E-state index is 7.12. The summed E-state index contributed by atoms with van der Waals surface area (Å²) in [4.78, 5) is 0. The summed E-state index contributed by atoms with van der Waals surface area (Å²) >= 11 is 1.47. The van der Waals surface area contributed by atoms with Crippen LogP contribution in [0.15, 0.2) is 12.2 Å². The molecule has 0 aromatic heterocycles. The first-order valence-corrected chi connectivity index (χ1v) is 10.4. The van der Waals surface area contributed by atoms with Crippen LogP contribution in [0, 0.1) is 5.41 Å². The van der Waals surface area contributed by atoms with E-state index in [0.29, 0.717) is 0 Å². The van der Waals surface area contributed by atoms with Crippen LogP contribution in [0.5, 0.6) is 0 Å². The maximum atomic E-state index is 7.12. The predicted molar refractivity (Wildman–Crippen MR) is 104 cm³/mol. The Bertz CT molecular complexity index is 264. The molecule has 0 fully saturated rings. The lowest BCUT2D eigenvalue weighted by Crippen LogP contribution is -2.04. The van der Waals surface area contributed by atoms with Gasteiger partial charge in [0.2, 0.25) is 0 Å². The third-order valence-electron chi connectivity index (χ3n) is 3.91. The molecule has 3 N–H and O–H groups in total. The van der Waals surface area contributed by atoms with E-state index >= 15 is 0 Å². The minimum Gasteiger partial charge on any atom is -0.379 e. The molecule has 0 aromatic carbocycles. The van der Waals surface area contributed by atoms with Gasteiger partial charge in [0.05, 0.1) is 0 Å². The standard InChI is InChI=1S/C19H38N2S/c1-2-3-4-5-6-7-8-9-10-11-12-13-14-15-16-17-18-22-19(20)21/h9-10H,2-8,11-18H2,1H3,(H3,20,21)/b10-9+. The average molecular weight is 327 g/mol. The Kier molecular flexibility index (Phi) is 18.2. The lowest BCUT2D eigenvalue weighted by Gasteiger charge is -2.01. The van der Waals surface area contributed by atoms with Crippen LogP contribution in [0.4, 0.5) is 0 Å². The number of nitrogens with two attached hydrogens (primary N) is 1. The quantitative estimate of drug-likeness (QED) is 0.144. The van der Waals surface area contributed by atoms with E-state index < -0.39 is 0 Å². The van der Waals surface area contributed by atoms with Gasteiger partial charge in [-0.05, 0) is 32.1 Å². The van der Waals surface area contributed by atoms with Crippen LogP contribution in [0.3, 0.4) is 0 Å². The molecule has 3 heteroatoms. The molecule has 0 aromatic rings. The average Bonchev–Trinajstić information content (AvgIpc) is 2.50. The van der Waals surface area contributed by atoms with Gasteiger partial charge < -0.3 is 5.73 Å². The SMILES string of the molecule is CCCCCCCC/C=C/CCCCCCCCSC(=N)N. The Morgan fingerprint density at radius 1 is 0.773 bits per heavy atom. The molecule has 130 valence electrons. The van der Waals surface area contributed by atoms with Gasteiger partial charge in [0, 0.05) is 5.75 Å². The zero-order valence-corrected chi connectivity index (χ0v) is 15.6. The third-order valence-corrected chi connectivity index (χ3v) is 4.72. The molecule has 0 aliphatic rings. The third kappa shape index (κ3) is 19.6. The lowest BCUT2D eigenvalue weighted by molar-refractivity contribution is 0.607. The molecule has 22 heavy (non-hydrogen) atoms. The Labute approximate surface area is 143 Å². The predicted octanol–water partition coefficient (Wildman–Crippen LogP) is 6.65. The number of allylic oxidation sites excluding steroid dienone is 2. The Morgan fingerprint density at radius 3 is 1.73 bits per heavy atom. The Morgan fingerprint density at radius 2 is 1.23 bits per heavy atom.